The standard InChI is InChI=1S/C17H29N3/c1-6-14(2)20-16(18-5)19-13-17(3,4)12-15-10-8-7-9-11-15/h7-11,14H,6,12-13H2,1-5H3,(H2,18,19,20). The van der Waals surface area contributed by atoms with Gasteiger partial charge in [0.25, 0.3) is 0 Å². The Bertz CT molecular complexity index is 410. The lowest BCUT2D eigenvalue weighted by molar-refractivity contribution is 0.358. The van der Waals surface area contributed by atoms with E-state index in [0.717, 1.165) is 25.3 Å². The third kappa shape index (κ3) is 6.09. The first kappa shape index (κ1) is 16.5. The fourth-order valence-corrected chi connectivity index (χ4v) is 2.06. The maximum absolute atomic E-state index is 4.28. The van der Waals surface area contributed by atoms with Crippen LogP contribution in [-0.2, 0) is 6.42 Å². The summed E-state index contributed by atoms with van der Waals surface area (Å²) in [6.45, 7) is 9.80. The van der Waals surface area contributed by atoms with E-state index in [2.05, 4.69) is 73.7 Å². The molecule has 0 aromatic heterocycles. The molecule has 112 valence electrons. The second-order valence-electron chi connectivity index (χ2n) is 6.21. The molecule has 0 aliphatic carbocycles. The van der Waals surface area contributed by atoms with Crippen molar-refractivity contribution in [1.82, 2.24) is 10.6 Å². The lowest BCUT2D eigenvalue weighted by Gasteiger charge is -2.27. The van der Waals surface area contributed by atoms with Crippen LogP contribution < -0.4 is 10.6 Å². The molecule has 1 aromatic rings. The maximum atomic E-state index is 4.28. The zero-order valence-corrected chi connectivity index (χ0v) is 13.5. The van der Waals surface area contributed by atoms with Crippen molar-refractivity contribution >= 4 is 5.96 Å². The van der Waals surface area contributed by atoms with Gasteiger partial charge in [-0.2, -0.15) is 0 Å². The molecule has 0 saturated carbocycles. The lowest BCUT2D eigenvalue weighted by atomic mass is 9.86. The number of nitrogens with one attached hydrogen (secondary N) is 2. The average Bonchev–Trinajstić information content (AvgIpc) is 2.43. The Labute approximate surface area is 123 Å². The summed E-state index contributed by atoms with van der Waals surface area (Å²) in [6.07, 6.45) is 2.15. The number of hydrogen-bond acceptors (Lipinski definition) is 1. The van der Waals surface area contributed by atoms with Crippen LogP contribution in [-0.4, -0.2) is 25.6 Å². The number of aliphatic imine (C=N–C) groups is 1. The van der Waals surface area contributed by atoms with Gasteiger partial charge in [-0.05, 0) is 30.7 Å². The van der Waals surface area contributed by atoms with Gasteiger partial charge < -0.3 is 10.6 Å². The van der Waals surface area contributed by atoms with Crippen LogP contribution >= 0.6 is 0 Å². The molecule has 1 unspecified atom stereocenters. The second kappa shape index (κ2) is 7.93. The molecule has 3 nitrogen and oxygen atoms in total. The molecule has 0 bridgehead atoms. The normalized spacial score (nSPS) is 13.9. The molecule has 0 aliphatic heterocycles. The fraction of sp³-hybridized carbons (Fsp3) is 0.588. The first-order valence-electron chi connectivity index (χ1n) is 7.48. The average molecular weight is 275 g/mol. The molecule has 1 rings (SSSR count). The van der Waals surface area contributed by atoms with Crippen LogP contribution in [0.5, 0.6) is 0 Å². The van der Waals surface area contributed by atoms with Crippen LogP contribution in [0.2, 0.25) is 0 Å². The van der Waals surface area contributed by atoms with Crippen LogP contribution in [0.25, 0.3) is 0 Å². The topological polar surface area (TPSA) is 36.4 Å². The van der Waals surface area contributed by atoms with Crippen LogP contribution in [0, 0.1) is 5.41 Å². The zero-order valence-electron chi connectivity index (χ0n) is 13.5. The number of nitrogens with zero attached hydrogens (tertiary/aromatic N) is 1. The van der Waals surface area contributed by atoms with Gasteiger partial charge in [0.2, 0.25) is 0 Å². The predicted octanol–water partition coefficient (Wildman–Crippen LogP) is 3.22. The van der Waals surface area contributed by atoms with E-state index >= 15 is 0 Å². The largest absolute Gasteiger partial charge is 0.356 e. The molecule has 0 fully saturated rings. The first-order valence-corrected chi connectivity index (χ1v) is 7.48. The molecular formula is C17H29N3. The summed E-state index contributed by atoms with van der Waals surface area (Å²) in [4.78, 5) is 4.28. The number of rotatable bonds is 6. The highest BCUT2D eigenvalue weighted by atomic mass is 15.2. The van der Waals surface area contributed by atoms with Crippen molar-refractivity contribution in [3.8, 4) is 0 Å². The number of hydrogen-bond donors (Lipinski definition) is 2. The molecule has 0 amide bonds. The van der Waals surface area contributed by atoms with Crippen LogP contribution in [0.4, 0.5) is 0 Å². The first-order chi connectivity index (χ1) is 9.46. The fourth-order valence-electron chi connectivity index (χ4n) is 2.06. The van der Waals surface area contributed by atoms with Crippen molar-refractivity contribution in [3.05, 3.63) is 35.9 Å². The summed E-state index contributed by atoms with van der Waals surface area (Å²) in [5, 5.41) is 6.83. The van der Waals surface area contributed by atoms with Crippen molar-refractivity contribution in [2.75, 3.05) is 13.6 Å². The molecular weight excluding hydrogens is 246 g/mol. The Morgan fingerprint density at radius 1 is 1.25 bits per heavy atom. The molecule has 1 aromatic carbocycles. The van der Waals surface area contributed by atoms with Gasteiger partial charge in [0.1, 0.15) is 0 Å². The summed E-state index contributed by atoms with van der Waals surface area (Å²) in [5.41, 5.74) is 1.57. The summed E-state index contributed by atoms with van der Waals surface area (Å²) < 4.78 is 0. The molecule has 20 heavy (non-hydrogen) atoms. The Hall–Kier alpha value is -1.51. The smallest absolute Gasteiger partial charge is 0.191 e. The quantitative estimate of drug-likeness (QED) is 0.618. The predicted molar refractivity (Wildman–Crippen MR) is 88.2 cm³/mol. The second-order valence-corrected chi connectivity index (χ2v) is 6.21. The minimum Gasteiger partial charge on any atom is -0.356 e. The number of benzene rings is 1. The molecule has 1 atom stereocenters. The molecule has 0 spiro atoms. The molecule has 0 radical (unpaired) electrons. The molecule has 0 aliphatic rings. The van der Waals surface area contributed by atoms with Crippen molar-refractivity contribution < 1.29 is 0 Å². The Balaban J connectivity index is 2.49. The minimum absolute atomic E-state index is 0.189. The maximum Gasteiger partial charge on any atom is 0.191 e. The molecule has 2 N–H and O–H groups in total. The van der Waals surface area contributed by atoms with Gasteiger partial charge in [-0.1, -0.05) is 51.1 Å². The van der Waals surface area contributed by atoms with E-state index in [1.807, 2.05) is 7.05 Å². The molecule has 3 heteroatoms. The molecule has 0 saturated heterocycles. The minimum atomic E-state index is 0.189. The van der Waals surface area contributed by atoms with Crippen LogP contribution in [0.15, 0.2) is 35.3 Å². The summed E-state index contributed by atoms with van der Waals surface area (Å²) in [7, 11) is 1.82. The van der Waals surface area contributed by atoms with E-state index in [9.17, 15) is 0 Å². The highest BCUT2D eigenvalue weighted by Crippen LogP contribution is 2.20. The van der Waals surface area contributed by atoms with Gasteiger partial charge in [0.05, 0.1) is 0 Å². The van der Waals surface area contributed by atoms with E-state index in [4.69, 9.17) is 0 Å². The van der Waals surface area contributed by atoms with Gasteiger partial charge in [0.15, 0.2) is 5.96 Å². The van der Waals surface area contributed by atoms with Crippen molar-refractivity contribution in [3.63, 3.8) is 0 Å². The van der Waals surface area contributed by atoms with Gasteiger partial charge >= 0.3 is 0 Å². The van der Waals surface area contributed by atoms with Crippen molar-refractivity contribution in [1.29, 1.82) is 0 Å². The van der Waals surface area contributed by atoms with Crippen molar-refractivity contribution in [2.24, 2.45) is 10.4 Å². The summed E-state index contributed by atoms with van der Waals surface area (Å²) >= 11 is 0. The van der Waals surface area contributed by atoms with E-state index in [1.165, 1.54) is 5.56 Å². The van der Waals surface area contributed by atoms with Gasteiger partial charge in [-0.25, -0.2) is 0 Å². The van der Waals surface area contributed by atoms with Crippen LogP contribution in [0.3, 0.4) is 0 Å². The third-order valence-electron chi connectivity index (χ3n) is 3.48. The van der Waals surface area contributed by atoms with Crippen LogP contribution in [0.1, 0.15) is 39.7 Å². The van der Waals surface area contributed by atoms with E-state index in [1.54, 1.807) is 0 Å². The number of guanidine groups is 1. The lowest BCUT2D eigenvalue weighted by Crippen LogP contribution is -2.45. The zero-order chi connectivity index (χ0) is 15.0. The van der Waals surface area contributed by atoms with Gasteiger partial charge in [0, 0.05) is 19.6 Å². The van der Waals surface area contributed by atoms with E-state index in [-0.39, 0.29) is 5.41 Å². The highest BCUT2D eigenvalue weighted by molar-refractivity contribution is 5.79. The molecule has 0 heterocycles. The summed E-state index contributed by atoms with van der Waals surface area (Å²) in [6, 6.07) is 11.1. The van der Waals surface area contributed by atoms with Crippen molar-refractivity contribution in [2.45, 2.75) is 46.6 Å². The van der Waals surface area contributed by atoms with Gasteiger partial charge in [-0.15, -0.1) is 0 Å². The van der Waals surface area contributed by atoms with E-state index < -0.39 is 0 Å². The Kier molecular flexibility index (Phi) is 6.56. The SMILES string of the molecule is CCC(C)NC(=NC)NCC(C)(C)Cc1ccccc1. The summed E-state index contributed by atoms with van der Waals surface area (Å²) in [5.74, 6) is 0.889. The van der Waals surface area contributed by atoms with E-state index in [0.29, 0.717) is 6.04 Å². The Morgan fingerprint density at radius 3 is 2.45 bits per heavy atom. The van der Waals surface area contributed by atoms with Gasteiger partial charge in [-0.3, -0.25) is 4.99 Å². The Morgan fingerprint density at radius 2 is 1.90 bits per heavy atom. The third-order valence-corrected chi connectivity index (χ3v) is 3.48. The highest BCUT2D eigenvalue weighted by Gasteiger charge is 2.19. The monoisotopic (exact) mass is 275 g/mol.